The second-order valence-electron chi connectivity index (χ2n) is 5.77. The predicted molar refractivity (Wildman–Crippen MR) is 104 cm³/mol. The third-order valence-electron chi connectivity index (χ3n) is 3.79. The first-order chi connectivity index (χ1) is 12.0. The van der Waals surface area contributed by atoms with Crippen LogP contribution < -0.4 is 25.4 Å². The van der Waals surface area contributed by atoms with Crippen molar-refractivity contribution in [2.24, 2.45) is 10.7 Å². The molecular formula is C19H26N4O2. The van der Waals surface area contributed by atoms with E-state index in [1.54, 1.807) is 14.2 Å². The van der Waals surface area contributed by atoms with E-state index in [2.05, 4.69) is 39.5 Å². The summed E-state index contributed by atoms with van der Waals surface area (Å²) >= 11 is 0. The number of nitrogens with two attached hydrogens (primary N) is 1. The van der Waals surface area contributed by atoms with Crippen LogP contribution in [0.25, 0.3) is 0 Å². The maximum Gasteiger partial charge on any atom is 0.193 e. The smallest absolute Gasteiger partial charge is 0.193 e. The summed E-state index contributed by atoms with van der Waals surface area (Å²) in [4.78, 5) is 6.45. The number of rotatable bonds is 7. The zero-order chi connectivity index (χ0) is 18.2. The van der Waals surface area contributed by atoms with Crippen LogP contribution >= 0.6 is 0 Å². The molecule has 0 fully saturated rings. The average Bonchev–Trinajstić information content (AvgIpc) is 2.62. The molecule has 6 nitrogen and oxygen atoms in total. The quantitative estimate of drug-likeness (QED) is 0.598. The van der Waals surface area contributed by atoms with Crippen molar-refractivity contribution in [2.75, 3.05) is 45.1 Å². The molecule has 0 spiro atoms. The second kappa shape index (κ2) is 8.82. The molecule has 0 aliphatic rings. The maximum atomic E-state index is 5.96. The number of nitrogens with one attached hydrogen (secondary N) is 1. The van der Waals surface area contributed by atoms with Crippen molar-refractivity contribution in [3.05, 3.63) is 48.0 Å². The first kappa shape index (κ1) is 18.4. The Morgan fingerprint density at radius 2 is 1.72 bits per heavy atom. The summed E-state index contributed by atoms with van der Waals surface area (Å²) in [5, 5.41) is 3.06. The SMILES string of the molecule is COc1ccc(NC(N)=NCCc2ccc(N(C)C)cc2)cc1OC. The van der Waals surface area contributed by atoms with E-state index in [1.807, 2.05) is 32.3 Å². The summed E-state index contributed by atoms with van der Waals surface area (Å²) in [5.41, 5.74) is 9.17. The molecule has 2 aromatic rings. The summed E-state index contributed by atoms with van der Waals surface area (Å²) < 4.78 is 10.5. The minimum Gasteiger partial charge on any atom is -0.493 e. The van der Waals surface area contributed by atoms with Gasteiger partial charge in [-0.1, -0.05) is 12.1 Å². The van der Waals surface area contributed by atoms with E-state index >= 15 is 0 Å². The average molecular weight is 342 g/mol. The van der Waals surface area contributed by atoms with Gasteiger partial charge >= 0.3 is 0 Å². The van der Waals surface area contributed by atoms with Crippen LogP contribution in [0.1, 0.15) is 5.56 Å². The normalized spacial score (nSPS) is 11.1. The van der Waals surface area contributed by atoms with Crippen LogP contribution in [0.5, 0.6) is 11.5 Å². The molecule has 2 aromatic carbocycles. The number of ether oxygens (including phenoxy) is 2. The lowest BCUT2D eigenvalue weighted by molar-refractivity contribution is 0.355. The van der Waals surface area contributed by atoms with Crippen molar-refractivity contribution in [3.63, 3.8) is 0 Å². The molecule has 0 radical (unpaired) electrons. The molecule has 2 rings (SSSR count). The molecule has 0 saturated carbocycles. The molecule has 3 N–H and O–H groups in total. The van der Waals surface area contributed by atoms with Gasteiger partial charge in [0.1, 0.15) is 0 Å². The first-order valence-electron chi connectivity index (χ1n) is 8.08. The fourth-order valence-corrected chi connectivity index (χ4v) is 2.37. The van der Waals surface area contributed by atoms with Gasteiger partial charge in [0.2, 0.25) is 0 Å². The molecule has 0 heterocycles. The molecule has 0 aromatic heterocycles. The van der Waals surface area contributed by atoms with Gasteiger partial charge in [0, 0.05) is 38.1 Å². The molecule has 134 valence electrons. The van der Waals surface area contributed by atoms with Crippen LogP contribution in [0.15, 0.2) is 47.5 Å². The summed E-state index contributed by atoms with van der Waals surface area (Å²) in [6.45, 7) is 0.618. The minimum absolute atomic E-state index is 0.372. The molecule has 0 atom stereocenters. The third-order valence-corrected chi connectivity index (χ3v) is 3.79. The van der Waals surface area contributed by atoms with Gasteiger partial charge in [0.15, 0.2) is 17.5 Å². The van der Waals surface area contributed by atoms with Gasteiger partial charge in [0.25, 0.3) is 0 Å². The van der Waals surface area contributed by atoms with Crippen LogP contribution in [-0.2, 0) is 6.42 Å². The van der Waals surface area contributed by atoms with Gasteiger partial charge in [0.05, 0.1) is 14.2 Å². The Hall–Kier alpha value is -2.89. The molecule has 25 heavy (non-hydrogen) atoms. The lowest BCUT2D eigenvalue weighted by Crippen LogP contribution is -2.23. The van der Waals surface area contributed by atoms with Crippen molar-refractivity contribution in [3.8, 4) is 11.5 Å². The van der Waals surface area contributed by atoms with E-state index in [0.29, 0.717) is 24.0 Å². The molecule has 0 aliphatic carbocycles. The Balaban J connectivity index is 1.91. The maximum absolute atomic E-state index is 5.96. The Bertz CT molecular complexity index is 712. The van der Waals surface area contributed by atoms with Gasteiger partial charge in [-0.3, -0.25) is 4.99 Å². The highest BCUT2D eigenvalue weighted by Crippen LogP contribution is 2.29. The summed E-state index contributed by atoms with van der Waals surface area (Å²) in [6, 6.07) is 13.9. The lowest BCUT2D eigenvalue weighted by atomic mass is 10.1. The van der Waals surface area contributed by atoms with Crippen LogP contribution in [0.3, 0.4) is 0 Å². The molecule has 0 saturated heterocycles. The highest BCUT2D eigenvalue weighted by molar-refractivity contribution is 5.92. The summed E-state index contributed by atoms with van der Waals surface area (Å²) in [5.74, 6) is 1.68. The highest BCUT2D eigenvalue weighted by atomic mass is 16.5. The van der Waals surface area contributed by atoms with Crippen molar-refractivity contribution in [1.29, 1.82) is 0 Å². The monoisotopic (exact) mass is 342 g/mol. The largest absolute Gasteiger partial charge is 0.493 e. The van der Waals surface area contributed by atoms with Crippen molar-refractivity contribution in [2.45, 2.75) is 6.42 Å². The van der Waals surface area contributed by atoms with Crippen LogP contribution in [0, 0.1) is 0 Å². The van der Waals surface area contributed by atoms with E-state index in [9.17, 15) is 0 Å². The number of anilines is 2. The predicted octanol–water partition coefficient (Wildman–Crippen LogP) is 2.74. The van der Waals surface area contributed by atoms with E-state index in [-0.39, 0.29) is 0 Å². The fraction of sp³-hybridized carbons (Fsp3) is 0.316. The number of hydrogen-bond donors (Lipinski definition) is 2. The third kappa shape index (κ3) is 5.31. The molecular weight excluding hydrogens is 316 g/mol. The van der Waals surface area contributed by atoms with Gasteiger partial charge in [-0.25, -0.2) is 0 Å². The van der Waals surface area contributed by atoms with E-state index in [1.165, 1.54) is 11.3 Å². The Morgan fingerprint density at radius 3 is 2.32 bits per heavy atom. The van der Waals surface area contributed by atoms with Crippen molar-refractivity contribution >= 4 is 17.3 Å². The topological polar surface area (TPSA) is 72.1 Å². The number of hydrogen-bond acceptors (Lipinski definition) is 4. The van der Waals surface area contributed by atoms with Crippen molar-refractivity contribution < 1.29 is 9.47 Å². The molecule has 0 bridgehead atoms. The van der Waals surface area contributed by atoms with Crippen LogP contribution in [-0.4, -0.2) is 40.8 Å². The number of benzene rings is 2. The van der Waals surface area contributed by atoms with Crippen molar-refractivity contribution in [1.82, 2.24) is 0 Å². The summed E-state index contributed by atoms with van der Waals surface area (Å²) in [6.07, 6.45) is 0.835. The number of methoxy groups -OCH3 is 2. The Morgan fingerprint density at radius 1 is 1.04 bits per heavy atom. The Kier molecular flexibility index (Phi) is 6.51. The van der Waals surface area contributed by atoms with Gasteiger partial charge in [-0.15, -0.1) is 0 Å². The van der Waals surface area contributed by atoms with E-state index < -0.39 is 0 Å². The zero-order valence-corrected chi connectivity index (χ0v) is 15.2. The van der Waals surface area contributed by atoms with Gasteiger partial charge in [-0.05, 0) is 36.2 Å². The second-order valence-corrected chi connectivity index (χ2v) is 5.77. The number of aliphatic imine (C=N–C) groups is 1. The fourth-order valence-electron chi connectivity index (χ4n) is 2.37. The van der Waals surface area contributed by atoms with E-state index in [0.717, 1.165) is 12.1 Å². The van der Waals surface area contributed by atoms with Crippen LogP contribution in [0.2, 0.25) is 0 Å². The minimum atomic E-state index is 0.372. The molecule has 0 amide bonds. The molecule has 6 heteroatoms. The number of guanidine groups is 1. The molecule has 0 unspecified atom stereocenters. The highest BCUT2D eigenvalue weighted by Gasteiger charge is 2.05. The van der Waals surface area contributed by atoms with Gasteiger partial charge < -0.3 is 25.4 Å². The molecule has 0 aliphatic heterocycles. The zero-order valence-electron chi connectivity index (χ0n) is 15.2. The standard InChI is InChI=1S/C19H26N4O2/c1-23(2)16-8-5-14(6-9-16)11-12-21-19(20)22-15-7-10-17(24-3)18(13-15)25-4/h5-10,13H,11-12H2,1-4H3,(H3,20,21,22). The van der Waals surface area contributed by atoms with E-state index in [4.69, 9.17) is 15.2 Å². The van der Waals surface area contributed by atoms with Crippen LogP contribution in [0.4, 0.5) is 11.4 Å². The Labute approximate surface area is 149 Å². The lowest BCUT2D eigenvalue weighted by Gasteiger charge is -2.12. The van der Waals surface area contributed by atoms with Gasteiger partial charge in [-0.2, -0.15) is 0 Å². The summed E-state index contributed by atoms with van der Waals surface area (Å²) in [7, 11) is 7.26. The first-order valence-corrected chi connectivity index (χ1v) is 8.08. The number of nitrogens with zero attached hydrogens (tertiary/aromatic N) is 2.